The second kappa shape index (κ2) is 12.8. The highest BCUT2D eigenvalue weighted by atomic mass is 15.0. The maximum absolute atomic E-state index is 11.1. The Labute approximate surface area is 337 Å². The standard InChI is InChI=1S/C52H27N7/c53-28-32-22-24-39(51(43(32)30-55)58-46-19-9-4-14-35(46)36-15-5-10-20-47(36)58)40-25-23-33(29-54)44(31-56)52(40)59-48-21-11-7-17-38(48)42-26-49-41(27-50(42)59)37-16-6-8-18-45(37)57(49)34-12-2-1-3-13-34/h1-27H. The number of hydrogen-bond acceptors (Lipinski definition) is 4. The van der Waals surface area contributed by atoms with Gasteiger partial charge in [-0.2, -0.15) is 21.0 Å². The van der Waals surface area contributed by atoms with Gasteiger partial charge in [0.25, 0.3) is 0 Å². The second-order valence-electron chi connectivity index (χ2n) is 14.5. The molecular weight excluding hydrogens is 723 g/mol. The summed E-state index contributed by atoms with van der Waals surface area (Å²) in [7, 11) is 0. The summed E-state index contributed by atoms with van der Waals surface area (Å²) in [6, 6.07) is 63.8. The topological polar surface area (TPSA) is 110 Å². The zero-order chi connectivity index (χ0) is 39.8. The normalized spacial score (nSPS) is 11.3. The van der Waals surface area contributed by atoms with E-state index in [9.17, 15) is 21.0 Å². The maximum atomic E-state index is 11.1. The molecule has 0 atom stereocenters. The molecule has 11 rings (SSSR count). The molecule has 59 heavy (non-hydrogen) atoms. The fourth-order valence-corrected chi connectivity index (χ4v) is 9.18. The van der Waals surface area contributed by atoms with Crippen molar-refractivity contribution >= 4 is 65.4 Å². The van der Waals surface area contributed by atoms with Gasteiger partial charge in [0.1, 0.15) is 24.3 Å². The third-order valence-corrected chi connectivity index (χ3v) is 11.6. The lowest BCUT2D eigenvalue weighted by Gasteiger charge is -2.21. The molecule has 0 unspecified atom stereocenters. The lowest BCUT2D eigenvalue weighted by molar-refractivity contribution is 1.14. The van der Waals surface area contributed by atoms with Crippen LogP contribution in [0.5, 0.6) is 0 Å². The molecule has 0 bridgehead atoms. The highest BCUT2D eigenvalue weighted by molar-refractivity contribution is 6.19. The summed E-state index contributed by atoms with van der Waals surface area (Å²) in [6.07, 6.45) is 0. The van der Waals surface area contributed by atoms with Crippen LogP contribution < -0.4 is 0 Å². The van der Waals surface area contributed by atoms with Crippen LogP contribution in [0.4, 0.5) is 0 Å². The first-order valence-corrected chi connectivity index (χ1v) is 19.1. The van der Waals surface area contributed by atoms with Crippen molar-refractivity contribution < 1.29 is 0 Å². The molecule has 7 nitrogen and oxygen atoms in total. The molecular formula is C52H27N7. The molecule has 3 heterocycles. The van der Waals surface area contributed by atoms with Crippen LogP contribution in [0.25, 0.3) is 93.6 Å². The van der Waals surface area contributed by atoms with E-state index < -0.39 is 0 Å². The van der Waals surface area contributed by atoms with Crippen molar-refractivity contribution in [2.24, 2.45) is 0 Å². The Morgan fingerprint density at radius 3 is 1.08 bits per heavy atom. The van der Waals surface area contributed by atoms with Gasteiger partial charge in [0.05, 0.1) is 66.7 Å². The number of benzene rings is 8. The average molecular weight is 750 g/mol. The summed E-state index contributed by atoms with van der Waals surface area (Å²) in [5.41, 5.74) is 9.78. The van der Waals surface area contributed by atoms with Crippen LogP contribution in [-0.4, -0.2) is 13.7 Å². The van der Waals surface area contributed by atoms with Gasteiger partial charge in [-0.3, -0.25) is 0 Å². The second-order valence-corrected chi connectivity index (χ2v) is 14.5. The molecule has 0 saturated carbocycles. The third kappa shape index (κ3) is 4.65. The SMILES string of the molecule is N#Cc1ccc(-c2ccc(C#N)c(C#N)c2-n2c3ccccc3c3cc4c(cc32)c2ccccc2n4-c2ccccc2)c(-n2c3ccccc3c3ccccc32)c1C#N. The molecule has 7 heteroatoms. The summed E-state index contributed by atoms with van der Waals surface area (Å²) in [6.45, 7) is 0. The van der Waals surface area contributed by atoms with Gasteiger partial charge in [-0.25, -0.2) is 0 Å². The zero-order valence-corrected chi connectivity index (χ0v) is 31.2. The lowest BCUT2D eigenvalue weighted by Crippen LogP contribution is -2.07. The van der Waals surface area contributed by atoms with Gasteiger partial charge in [0.15, 0.2) is 0 Å². The Bertz CT molecular complexity index is 3720. The quantitative estimate of drug-likeness (QED) is 0.178. The molecule has 0 aliphatic heterocycles. The number of aromatic nitrogens is 3. The van der Waals surface area contributed by atoms with Gasteiger partial charge < -0.3 is 13.7 Å². The lowest BCUT2D eigenvalue weighted by atomic mass is 9.92. The van der Waals surface area contributed by atoms with Gasteiger partial charge in [0, 0.05) is 49.1 Å². The first kappa shape index (κ1) is 33.5. The number of nitriles is 4. The highest BCUT2D eigenvalue weighted by Gasteiger charge is 2.27. The van der Waals surface area contributed by atoms with Gasteiger partial charge in [0.2, 0.25) is 0 Å². The number of fused-ring (bicyclic) bond motifs is 9. The molecule has 0 amide bonds. The highest BCUT2D eigenvalue weighted by Crippen LogP contribution is 2.45. The molecule has 11 aromatic rings. The Hall–Kier alpha value is -8.88. The number of para-hydroxylation sites is 5. The predicted octanol–water partition coefficient (Wildman–Crippen LogP) is 12.1. The zero-order valence-electron chi connectivity index (χ0n) is 31.2. The fourth-order valence-electron chi connectivity index (χ4n) is 9.18. The average Bonchev–Trinajstić information content (AvgIpc) is 3.92. The Morgan fingerprint density at radius 2 is 0.661 bits per heavy atom. The van der Waals surface area contributed by atoms with Gasteiger partial charge in [-0.05, 0) is 60.7 Å². The van der Waals surface area contributed by atoms with Crippen LogP contribution >= 0.6 is 0 Å². The molecule has 8 aromatic carbocycles. The van der Waals surface area contributed by atoms with E-state index in [1.54, 1.807) is 12.1 Å². The van der Waals surface area contributed by atoms with Crippen LogP contribution in [0.2, 0.25) is 0 Å². The molecule has 0 N–H and O–H groups in total. The van der Waals surface area contributed by atoms with E-state index in [2.05, 4.69) is 98.6 Å². The van der Waals surface area contributed by atoms with Crippen molar-refractivity contribution in [1.29, 1.82) is 21.0 Å². The molecule has 3 aromatic heterocycles. The summed E-state index contributed by atoms with van der Waals surface area (Å²) in [4.78, 5) is 0. The smallest absolute Gasteiger partial charge is 0.103 e. The molecule has 0 aliphatic rings. The summed E-state index contributed by atoms with van der Waals surface area (Å²) in [5.74, 6) is 0. The largest absolute Gasteiger partial charge is 0.309 e. The van der Waals surface area contributed by atoms with Crippen molar-refractivity contribution in [3.05, 3.63) is 186 Å². The molecule has 0 aliphatic carbocycles. The minimum absolute atomic E-state index is 0.204. The van der Waals surface area contributed by atoms with E-state index in [-0.39, 0.29) is 22.3 Å². The number of rotatable bonds is 4. The monoisotopic (exact) mass is 749 g/mol. The molecule has 0 radical (unpaired) electrons. The van der Waals surface area contributed by atoms with E-state index in [0.717, 1.165) is 71.1 Å². The molecule has 0 fully saturated rings. The van der Waals surface area contributed by atoms with Crippen LogP contribution in [0.3, 0.4) is 0 Å². The maximum Gasteiger partial charge on any atom is 0.103 e. The molecule has 0 spiro atoms. The summed E-state index contributed by atoms with van der Waals surface area (Å²) in [5, 5.41) is 49.0. The Morgan fingerprint density at radius 1 is 0.305 bits per heavy atom. The van der Waals surface area contributed by atoms with Crippen molar-refractivity contribution in [3.8, 4) is 52.5 Å². The van der Waals surface area contributed by atoms with Gasteiger partial charge in [-0.1, -0.05) is 103 Å². The summed E-state index contributed by atoms with van der Waals surface area (Å²) < 4.78 is 6.45. The van der Waals surface area contributed by atoms with Gasteiger partial charge >= 0.3 is 0 Å². The van der Waals surface area contributed by atoms with Crippen LogP contribution in [0.15, 0.2) is 164 Å². The van der Waals surface area contributed by atoms with Gasteiger partial charge in [-0.15, -0.1) is 0 Å². The number of nitrogens with zero attached hydrogens (tertiary/aromatic N) is 7. The fraction of sp³-hybridized carbons (Fsp3) is 0. The van der Waals surface area contributed by atoms with E-state index in [1.165, 1.54) is 0 Å². The van der Waals surface area contributed by atoms with Crippen LogP contribution in [-0.2, 0) is 0 Å². The van der Waals surface area contributed by atoms with E-state index in [1.807, 2.05) is 91.0 Å². The minimum Gasteiger partial charge on any atom is -0.309 e. The van der Waals surface area contributed by atoms with Crippen molar-refractivity contribution in [2.45, 2.75) is 0 Å². The first-order valence-electron chi connectivity index (χ1n) is 19.1. The predicted molar refractivity (Wildman–Crippen MR) is 234 cm³/mol. The van der Waals surface area contributed by atoms with Crippen LogP contribution in [0.1, 0.15) is 22.3 Å². The van der Waals surface area contributed by atoms with E-state index in [4.69, 9.17) is 0 Å². The van der Waals surface area contributed by atoms with Crippen LogP contribution in [0, 0.1) is 45.3 Å². The summed E-state index contributed by atoms with van der Waals surface area (Å²) >= 11 is 0. The molecule has 0 saturated heterocycles. The van der Waals surface area contributed by atoms with E-state index in [0.29, 0.717) is 22.5 Å². The molecule has 270 valence electrons. The van der Waals surface area contributed by atoms with Crippen molar-refractivity contribution in [2.75, 3.05) is 0 Å². The van der Waals surface area contributed by atoms with E-state index >= 15 is 0 Å². The Balaban J connectivity index is 1.32. The van der Waals surface area contributed by atoms with Crippen molar-refractivity contribution in [1.82, 2.24) is 13.7 Å². The Kier molecular flexibility index (Phi) is 7.28. The van der Waals surface area contributed by atoms with Crippen molar-refractivity contribution in [3.63, 3.8) is 0 Å². The minimum atomic E-state index is 0.204. The number of hydrogen-bond donors (Lipinski definition) is 0. The first-order chi connectivity index (χ1) is 29.1. The third-order valence-electron chi connectivity index (χ3n) is 11.6.